The largest absolute Gasteiger partial charge is 0.573 e. The molecule has 0 aliphatic carbocycles. The Labute approximate surface area is 167 Å². The number of benzene rings is 1. The average Bonchev–Trinajstić information content (AvgIpc) is 3.18. The summed E-state index contributed by atoms with van der Waals surface area (Å²) in [5.74, 6) is 0.210. The van der Waals surface area contributed by atoms with Gasteiger partial charge < -0.3 is 10.1 Å². The number of aryl methyl sites for hydroxylation is 2. The second-order valence-electron chi connectivity index (χ2n) is 6.22. The van der Waals surface area contributed by atoms with Crippen molar-refractivity contribution in [2.75, 3.05) is 5.32 Å². The van der Waals surface area contributed by atoms with Gasteiger partial charge in [0.1, 0.15) is 17.9 Å². The van der Waals surface area contributed by atoms with Crippen LogP contribution in [0, 0.1) is 13.8 Å². The Bertz CT molecular complexity index is 1150. The molecule has 3 heterocycles. The zero-order valence-corrected chi connectivity index (χ0v) is 16.2. The molecule has 1 aromatic carbocycles. The Hall–Kier alpha value is -3.21. The van der Waals surface area contributed by atoms with Crippen LogP contribution in [0.5, 0.6) is 5.75 Å². The third-order valence-corrected chi connectivity index (χ3v) is 5.08. The van der Waals surface area contributed by atoms with Crippen LogP contribution in [0.2, 0.25) is 0 Å². The van der Waals surface area contributed by atoms with Gasteiger partial charge in [-0.2, -0.15) is 5.10 Å². The highest BCUT2D eigenvalue weighted by Crippen LogP contribution is 2.27. The van der Waals surface area contributed by atoms with Crippen LogP contribution in [-0.4, -0.2) is 31.1 Å². The molecule has 3 aromatic heterocycles. The zero-order chi connectivity index (χ0) is 20.6. The van der Waals surface area contributed by atoms with Gasteiger partial charge in [-0.15, -0.1) is 24.5 Å². The minimum Gasteiger partial charge on any atom is -0.406 e. The molecule has 0 atom stereocenters. The number of halogens is 3. The summed E-state index contributed by atoms with van der Waals surface area (Å²) in [5.41, 5.74) is 2.04. The van der Waals surface area contributed by atoms with Crippen molar-refractivity contribution in [1.29, 1.82) is 0 Å². The molecule has 7 nitrogen and oxygen atoms in total. The van der Waals surface area contributed by atoms with Crippen molar-refractivity contribution in [3.05, 3.63) is 52.4 Å². The van der Waals surface area contributed by atoms with E-state index in [-0.39, 0.29) is 5.75 Å². The first kappa shape index (κ1) is 19.1. The first-order valence-corrected chi connectivity index (χ1v) is 9.32. The minimum absolute atomic E-state index is 0.293. The molecule has 0 bridgehead atoms. The maximum Gasteiger partial charge on any atom is 0.573 e. The van der Waals surface area contributed by atoms with Gasteiger partial charge in [0.15, 0.2) is 5.65 Å². The van der Waals surface area contributed by atoms with Crippen LogP contribution in [-0.2, 0) is 6.54 Å². The topological polar surface area (TPSA) is 77.8 Å². The van der Waals surface area contributed by atoms with Crippen molar-refractivity contribution < 1.29 is 17.9 Å². The van der Waals surface area contributed by atoms with Gasteiger partial charge in [-0.25, -0.2) is 15.0 Å². The van der Waals surface area contributed by atoms with E-state index < -0.39 is 6.36 Å². The number of hydrogen-bond acceptors (Lipinski definition) is 7. The summed E-state index contributed by atoms with van der Waals surface area (Å²) in [7, 11) is 0. The molecule has 0 radical (unpaired) electrons. The molecular formula is C18H15F3N6OS. The summed E-state index contributed by atoms with van der Waals surface area (Å²) >= 11 is 1.62. The van der Waals surface area contributed by atoms with Gasteiger partial charge in [0, 0.05) is 16.8 Å². The fourth-order valence-corrected chi connectivity index (χ4v) is 3.74. The van der Waals surface area contributed by atoms with E-state index in [1.807, 2.05) is 20.0 Å². The van der Waals surface area contributed by atoms with Crippen molar-refractivity contribution in [1.82, 2.24) is 24.7 Å². The molecule has 1 N–H and O–H groups in total. The van der Waals surface area contributed by atoms with Crippen LogP contribution in [0.25, 0.3) is 11.0 Å². The standard InChI is InChI=1S/C18H15F3N6OS/c1-10-15(29-11(2)24-10)8-27-7-14-16(22-9-23-17(14)26-27)25-12-3-5-13(6-4-12)28-18(19,20)21/h3-7,9H,8H2,1-2H3,(H,22,23,25,26). The highest BCUT2D eigenvalue weighted by molar-refractivity contribution is 7.11. The van der Waals surface area contributed by atoms with Crippen LogP contribution in [0.15, 0.2) is 36.8 Å². The zero-order valence-electron chi connectivity index (χ0n) is 15.4. The van der Waals surface area contributed by atoms with Gasteiger partial charge in [-0.05, 0) is 38.1 Å². The van der Waals surface area contributed by atoms with Crippen molar-refractivity contribution in [2.24, 2.45) is 0 Å². The number of hydrogen-bond donors (Lipinski definition) is 1. The van der Waals surface area contributed by atoms with Crippen LogP contribution < -0.4 is 10.1 Å². The number of thiazole rings is 1. The molecule has 0 spiro atoms. The van der Waals surface area contributed by atoms with Gasteiger partial charge in [-0.1, -0.05) is 0 Å². The highest BCUT2D eigenvalue weighted by atomic mass is 32.1. The quantitative estimate of drug-likeness (QED) is 0.509. The molecule has 4 rings (SSSR count). The molecule has 0 unspecified atom stereocenters. The van der Waals surface area contributed by atoms with E-state index in [1.54, 1.807) is 16.0 Å². The predicted molar refractivity (Wildman–Crippen MR) is 102 cm³/mol. The van der Waals surface area contributed by atoms with Gasteiger partial charge in [-0.3, -0.25) is 4.68 Å². The number of nitrogens with zero attached hydrogens (tertiary/aromatic N) is 5. The first-order valence-electron chi connectivity index (χ1n) is 8.51. The number of rotatable bonds is 5. The van der Waals surface area contributed by atoms with Gasteiger partial charge in [0.2, 0.25) is 0 Å². The third kappa shape index (κ3) is 4.45. The second-order valence-corrected chi connectivity index (χ2v) is 7.51. The normalized spacial score (nSPS) is 11.8. The smallest absolute Gasteiger partial charge is 0.406 e. The van der Waals surface area contributed by atoms with E-state index in [1.165, 1.54) is 30.6 Å². The Morgan fingerprint density at radius 3 is 2.55 bits per heavy atom. The maximum atomic E-state index is 12.3. The lowest BCUT2D eigenvalue weighted by atomic mass is 10.3. The van der Waals surface area contributed by atoms with E-state index in [0.717, 1.165) is 15.6 Å². The minimum atomic E-state index is -4.72. The molecule has 29 heavy (non-hydrogen) atoms. The van der Waals surface area contributed by atoms with Crippen LogP contribution in [0.4, 0.5) is 24.7 Å². The summed E-state index contributed by atoms with van der Waals surface area (Å²) in [5, 5.41) is 9.24. The predicted octanol–water partition coefficient (Wildman–Crippen LogP) is 4.59. The molecule has 11 heteroatoms. The molecule has 150 valence electrons. The average molecular weight is 420 g/mol. The molecule has 4 aromatic rings. The molecular weight excluding hydrogens is 405 g/mol. The number of alkyl halides is 3. The van der Waals surface area contributed by atoms with Crippen molar-refractivity contribution in [3.63, 3.8) is 0 Å². The summed E-state index contributed by atoms with van der Waals surface area (Å²) in [6.45, 7) is 4.48. The molecule has 0 amide bonds. The van der Waals surface area contributed by atoms with Crippen LogP contribution in [0.3, 0.4) is 0 Å². The summed E-state index contributed by atoms with van der Waals surface area (Å²) in [6.07, 6.45) is -1.52. The fourth-order valence-electron chi connectivity index (χ4n) is 2.81. The van der Waals surface area contributed by atoms with Crippen LogP contribution in [0.1, 0.15) is 15.6 Å². The Morgan fingerprint density at radius 1 is 1.14 bits per heavy atom. The number of ether oxygens (including phenoxy) is 1. The first-order chi connectivity index (χ1) is 13.8. The SMILES string of the molecule is Cc1nc(C)c(Cn2cc3c(Nc4ccc(OC(F)(F)F)cc4)ncnc3n2)s1. The highest BCUT2D eigenvalue weighted by Gasteiger charge is 2.30. The van der Waals surface area contributed by atoms with Gasteiger partial charge in [0.05, 0.1) is 22.6 Å². The Balaban J connectivity index is 1.56. The van der Waals surface area contributed by atoms with E-state index in [0.29, 0.717) is 29.1 Å². The summed E-state index contributed by atoms with van der Waals surface area (Å²) < 4.78 is 42.5. The lowest BCUT2D eigenvalue weighted by Crippen LogP contribution is -2.16. The van der Waals surface area contributed by atoms with E-state index in [9.17, 15) is 13.2 Å². The number of anilines is 2. The number of nitrogens with one attached hydrogen (secondary N) is 1. The van der Waals surface area contributed by atoms with Gasteiger partial charge in [0.25, 0.3) is 0 Å². The molecule has 0 aliphatic rings. The van der Waals surface area contributed by atoms with E-state index >= 15 is 0 Å². The second kappa shape index (κ2) is 7.32. The fraction of sp³-hybridized carbons (Fsp3) is 0.222. The number of aromatic nitrogens is 5. The lowest BCUT2D eigenvalue weighted by Gasteiger charge is -2.10. The molecule has 0 saturated heterocycles. The van der Waals surface area contributed by atoms with Gasteiger partial charge >= 0.3 is 6.36 Å². The maximum absolute atomic E-state index is 12.3. The Kier molecular flexibility index (Phi) is 4.82. The monoisotopic (exact) mass is 420 g/mol. The summed E-state index contributed by atoms with van der Waals surface area (Å²) in [6, 6.07) is 5.41. The summed E-state index contributed by atoms with van der Waals surface area (Å²) in [4.78, 5) is 13.9. The van der Waals surface area contributed by atoms with Crippen molar-refractivity contribution >= 4 is 33.9 Å². The number of fused-ring (bicyclic) bond motifs is 1. The third-order valence-electron chi connectivity index (χ3n) is 4.02. The van der Waals surface area contributed by atoms with Crippen molar-refractivity contribution in [3.8, 4) is 5.75 Å². The molecule has 0 fully saturated rings. The lowest BCUT2D eigenvalue weighted by molar-refractivity contribution is -0.274. The van der Waals surface area contributed by atoms with Crippen LogP contribution >= 0.6 is 11.3 Å². The van der Waals surface area contributed by atoms with E-state index in [4.69, 9.17) is 0 Å². The molecule has 0 saturated carbocycles. The van der Waals surface area contributed by atoms with Crippen molar-refractivity contribution in [2.45, 2.75) is 26.8 Å². The van der Waals surface area contributed by atoms with E-state index in [2.05, 4.69) is 30.1 Å². The Morgan fingerprint density at radius 2 is 1.90 bits per heavy atom. The molecule has 0 aliphatic heterocycles.